The third-order valence-corrected chi connectivity index (χ3v) is 42.5. The van der Waals surface area contributed by atoms with Crippen molar-refractivity contribution in [2.24, 2.45) is 17.8 Å². The van der Waals surface area contributed by atoms with E-state index in [4.69, 9.17) is 41.7 Å². The summed E-state index contributed by atoms with van der Waals surface area (Å²) in [6.45, 7) is 72.0. The van der Waals surface area contributed by atoms with E-state index in [1.54, 1.807) is 0 Å². The molecule has 0 spiro atoms. The Kier molecular flexibility index (Phi) is 38.5. The molecule has 2 unspecified atom stereocenters. The first-order chi connectivity index (χ1) is 51.1. The van der Waals surface area contributed by atoms with Crippen LogP contribution < -0.4 is 14.8 Å². The molecule has 9 atom stereocenters. The third kappa shape index (κ3) is 30.6. The van der Waals surface area contributed by atoms with Crippen molar-refractivity contribution < 1.29 is 51.3 Å². The van der Waals surface area contributed by atoms with Gasteiger partial charge in [-0.3, -0.25) is 0 Å². The molecule has 0 saturated carbocycles. The summed E-state index contributed by atoms with van der Waals surface area (Å²) in [5, 5.41) is 3.47. The molecule has 0 aliphatic carbocycles. The number of allylic oxidation sites excluding steroid dienone is 1. The van der Waals surface area contributed by atoms with Crippen LogP contribution in [0.1, 0.15) is 199 Å². The van der Waals surface area contributed by atoms with Crippen LogP contribution in [0.25, 0.3) is 6.08 Å². The van der Waals surface area contributed by atoms with Crippen molar-refractivity contribution >= 4 is 111 Å². The van der Waals surface area contributed by atoms with Crippen LogP contribution in [0.2, 0.25) is 92.7 Å². The van der Waals surface area contributed by atoms with Crippen LogP contribution in [0.15, 0.2) is 146 Å². The van der Waals surface area contributed by atoms with E-state index < -0.39 is 52.7 Å². The molecule has 0 aromatic heterocycles. The number of carbonyl (C=O) groups excluding carboxylic acids is 2. The van der Waals surface area contributed by atoms with Crippen LogP contribution in [-0.4, -0.2) is 140 Å². The Morgan fingerprint density at radius 1 is 0.527 bits per heavy atom. The predicted octanol–water partition coefficient (Wildman–Crippen LogP) is 23.8. The van der Waals surface area contributed by atoms with Gasteiger partial charge in [-0.1, -0.05) is 254 Å². The van der Waals surface area contributed by atoms with E-state index in [2.05, 4.69) is 338 Å². The second kappa shape index (κ2) is 42.8. The van der Waals surface area contributed by atoms with Crippen LogP contribution in [0, 0.1) is 45.4 Å². The molecule has 5 aromatic rings. The molecular weight excluding hydrogens is 1650 g/mol. The predicted molar refractivity (Wildman–Crippen MR) is 500 cm³/mol. The summed E-state index contributed by atoms with van der Waals surface area (Å²) in [7, 11) is -9.51. The van der Waals surface area contributed by atoms with Crippen molar-refractivity contribution in [3.8, 4) is 0 Å². The molecular formula is C94H151IO11SeSi5. The maximum atomic E-state index is 13.5. The van der Waals surface area contributed by atoms with E-state index in [0.29, 0.717) is 52.0 Å². The van der Waals surface area contributed by atoms with Crippen LogP contribution in [-0.2, 0) is 47.0 Å². The molecule has 2 fully saturated rings. The van der Waals surface area contributed by atoms with Gasteiger partial charge < -0.3 is 37.0 Å². The van der Waals surface area contributed by atoms with Gasteiger partial charge in [0.15, 0.2) is 28.2 Å². The van der Waals surface area contributed by atoms with Crippen LogP contribution in [0.4, 0.5) is 0 Å². The first-order valence-electron chi connectivity index (χ1n) is 40.8. The van der Waals surface area contributed by atoms with Crippen LogP contribution >= 0.6 is 22.6 Å². The van der Waals surface area contributed by atoms with Gasteiger partial charge in [0.05, 0.1) is 36.6 Å². The molecule has 0 N–H and O–H groups in total. The molecule has 0 radical (unpaired) electrons. The summed E-state index contributed by atoms with van der Waals surface area (Å²) < 4.78 is 61.5. The molecule has 2 saturated heterocycles. The summed E-state index contributed by atoms with van der Waals surface area (Å²) in [5.74, 6) is -0.578. The average Bonchev–Trinajstić information content (AvgIpc) is 1.04. The van der Waals surface area contributed by atoms with E-state index in [1.807, 2.05) is 53.7 Å². The third-order valence-electron chi connectivity index (χ3n) is 22.2. The normalized spacial score (nSPS) is 19.2. The van der Waals surface area contributed by atoms with E-state index in [1.165, 1.54) is 20.4 Å². The summed E-state index contributed by atoms with van der Waals surface area (Å²) in [4.78, 5) is 26.2. The number of aryl methyl sites for hydroxylation is 4. The number of ether oxygens (including phenoxy) is 6. The second-order valence-electron chi connectivity index (χ2n) is 39.0. The first kappa shape index (κ1) is 101. The van der Waals surface area contributed by atoms with Gasteiger partial charge >= 0.3 is 165 Å². The van der Waals surface area contributed by atoms with Gasteiger partial charge in [0.1, 0.15) is 12.2 Å². The molecule has 112 heavy (non-hydrogen) atoms. The molecule has 2 aliphatic heterocycles. The number of hydrogen-bond donors (Lipinski definition) is 0. The Morgan fingerprint density at radius 3 is 1.37 bits per heavy atom. The molecule has 0 amide bonds. The summed E-state index contributed by atoms with van der Waals surface area (Å²) in [6, 6.07) is 42.5. The zero-order chi connectivity index (χ0) is 83.7. The van der Waals surface area contributed by atoms with Crippen molar-refractivity contribution in [1.29, 1.82) is 0 Å². The number of esters is 2. The zero-order valence-corrected chi connectivity index (χ0v) is 83.5. The van der Waals surface area contributed by atoms with Gasteiger partial charge in [-0.25, -0.2) is 4.79 Å². The monoisotopic (exact) mass is 1800 g/mol. The maximum absolute atomic E-state index is 13.5. The summed E-state index contributed by atoms with van der Waals surface area (Å²) >= 11 is 2.73. The fraction of sp³-hybridized carbons (Fsp3) is 0.596. The number of carbonyl (C=O) groups is 2. The number of halogens is 1. The summed E-state index contributed by atoms with van der Waals surface area (Å²) in [5.41, 5.74) is 7.63. The number of rotatable bonds is 32. The van der Waals surface area contributed by atoms with Gasteiger partial charge in [0, 0.05) is 18.6 Å². The molecule has 2 heterocycles. The Morgan fingerprint density at radius 2 is 0.938 bits per heavy atom. The fourth-order valence-electron chi connectivity index (χ4n) is 13.2. The Balaban J connectivity index is 0.000000417. The van der Waals surface area contributed by atoms with Crippen molar-refractivity contribution in [2.75, 3.05) is 17.6 Å². The van der Waals surface area contributed by atoms with E-state index in [-0.39, 0.29) is 83.1 Å². The van der Waals surface area contributed by atoms with Crippen LogP contribution in [0.5, 0.6) is 0 Å². The van der Waals surface area contributed by atoms with Gasteiger partial charge in [-0.05, 0) is 148 Å². The second-order valence-corrected chi connectivity index (χ2v) is 67.2. The molecule has 11 nitrogen and oxygen atoms in total. The average molecular weight is 1800 g/mol. The Labute approximate surface area is 707 Å². The quantitative estimate of drug-likeness (QED) is 0.0135. The minimum absolute atomic E-state index is 0. The minimum atomic E-state index is -2.76. The Hall–Kier alpha value is -3.69. The van der Waals surface area contributed by atoms with Crippen molar-refractivity contribution in [3.63, 3.8) is 0 Å². The van der Waals surface area contributed by atoms with Gasteiger partial charge in [0.25, 0.3) is 8.32 Å². The number of alkyl halides is 1. The Bertz CT molecular complexity index is 3770. The topological polar surface area (TPSA) is 117 Å². The molecule has 7 rings (SSSR count). The fourth-order valence-corrected chi connectivity index (χ4v) is 24.4. The number of hydrogen-bond acceptors (Lipinski definition) is 11. The van der Waals surface area contributed by atoms with E-state index >= 15 is 0 Å². The van der Waals surface area contributed by atoms with E-state index in [0.717, 1.165) is 61.6 Å². The van der Waals surface area contributed by atoms with E-state index in [9.17, 15) is 9.59 Å². The SMILES string of the molecule is C.CC(C)[C@H](C)/C=C\C(O[Si](C)(C)C(C)(C)C)[C@H]1OC(C)(C)O[C@H]1CCI.Cc1cc(C)c(C(=O)OCC[Si](C)(C)C)c(/C=C/C[C@@H]2OC(C)(C)O[C@@H]2C(/C=C\[C@@H](C)[C@H](C)O[Si](c2ccccc2)(c2ccccc2)C(C)(C)C)O[Si](C)(C)C(C)(C)C)c1.Cc1cc(C)c(C(=O)OCC[Si](C)(C)C)c(C[Se]c2ccccc2)c1. The zero-order valence-electron chi connectivity index (χ0n) is 74.6. The van der Waals surface area contributed by atoms with Crippen molar-refractivity contribution in [2.45, 2.75) is 325 Å². The molecule has 18 heteroatoms. The molecule has 626 valence electrons. The number of benzene rings is 5. The van der Waals surface area contributed by atoms with Crippen LogP contribution in [0.3, 0.4) is 0 Å². The van der Waals surface area contributed by atoms with Crippen molar-refractivity contribution in [1.82, 2.24) is 0 Å². The molecule has 5 aromatic carbocycles. The first-order valence-corrected chi connectivity index (χ1v) is 59.6. The van der Waals surface area contributed by atoms with Crippen molar-refractivity contribution in [3.05, 3.63) is 190 Å². The molecule has 0 bridgehead atoms. The summed E-state index contributed by atoms with van der Waals surface area (Å²) in [6.07, 6.45) is 13.7. The molecule has 2 aliphatic rings. The van der Waals surface area contributed by atoms with Gasteiger partial charge in [-0.2, -0.15) is 0 Å². The van der Waals surface area contributed by atoms with Gasteiger partial charge in [0.2, 0.25) is 0 Å². The standard InChI is InChI=1S/C51H78O6Si3.C21H41IO3Si.C21H28O2SeSi.CH4/c1-37-35-39(3)46(48(52)53-33-34-58(13,14)15)41(36-37)25-24-30-44-47(55-51(11,12)54-44)45(57-59(16,17)49(5,6)7)32-31-38(2)40(4)56-60(50(8,9)10,42-26-20-18-21-27-42)43-28-22-19-23-29-43;1-15(2)16(3)11-12-18(25-26(9,10)20(4,5)6)19-17(13-14-22)23-21(7,8)24-19;1-16-13-17(2)20(21(22)23-11-12-25(3,4)5)18(14-16)15-24-19-9-7-6-8-10-19;/h18-29,31-32,35-36,38,40,44-45,47H,30,33-34H2,1-17H3;11-12,15-19H,13-14H2,1-10H3;6-10,13-14H,11-12,15H2,1-5H3;1H4/b25-24+,32-31-;12-11-;;/t38-,40+,44+,45?,47+;16-,17+,18?,19+;;/m11../s1. The van der Waals surface area contributed by atoms with Gasteiger partial charge in [-0.15, -0.1) is 0 Å².